The number of allylic oxidation sites excluding steroid dienone is 5. The van der Waals surface area contributed by atoms with E-state index in [0.29, 0.717) is 0 Å². The Morgan fingerprint density at radius 3 is 1.96 bits per heavy atom. The van der Waals surface area contributed by atoms with E-state index < -0.39 is 45.1 Å². The predicted molar refractivity (Wildman–Crippen MR) is 192 cm³/mol. The first-order chi connectivity index (χ1) is 23.2. The topological polar surface area (TPSA) is 313 Å². The van der Waals surface area contributed by atoms with Gasteiger partial charge in [0.1, 0.15) is 26.9 Å². The molecule has 0 saturated heterocycles. The SMILES string of the molecule is CC=C(/C(=C\CC=NN=CC(C)=N)c1ccc(N=Nc2cc(N=NC(=C/C)/C(=C\CC)S(=O)(=O)O)c(N)cc2N)cc1S(=O)(=O)O)S(=O)(=O)O. The average molecular weight is 750 g/mol. The standard InChI is InChI=1S/C29H35N9O9S3/c1-5-9-28(49(42,43)44)24(6-2)36-38-26-16-25(22(31)15-23(26)32)37-35-19-11-12-21(29(14-19)50(45,46)47)20(27(7-3)48(39,40)41)10-8-13-33-34-17-18(4)30/h6-7,9-17,30H,5,8,31-32H2,1-4H3,(H,39,40,41)(H,42,43,44)(H,45,46,47)/b20-10-,24-6+,27-7?,28-9+,30-18?,33-13?,34-17?,37-35?,38-36?. The summed E-state index contributed by atoms with van der Waals surface area (Å²) in [5, 5.41) is 30.4. The van der Waals surface area contributed by atoms with Gasteiger partial charge in [0.2, 0.25) is 0 Å². The highest BCUT2D eigenvalue weighted by Crippen LogP contribution is 2.37. The van der Waals surface area contributed by atoms with Crippen LogP contribution in [0.4, 0.5) is 28.4 Å². The second-order valence-electron chi connectivity index (χ2n) is 9.86. The summed E-state index contributed by atoms with van der Waals surface area (Å²) in [6.45, 7) is 5.89. The summed E-state index contributed by atoms with van der Waals surface area (Å²) in [6.07, 6.45) is 7.34. The van der Waals surface area contributed by atoms with Gasteiger partial charge in [0, 0.05) is 29.5 Å². The van der Waals surface area contributed by atoms with E-state index in [2.05, 4.69) is 30.7 Å². The van der Waals surface area contributed by atoms with Gasteiger partial charge >= 0.3 is 0 Å². The lowest BCUT2D eigenvalue weighted by Gasteiger charge is -2.14. The number of hydrogen-bond acceptors (Lipinski definition) is 15. The van der Waals surface area contributed by atoms with Crippen molar-refractivity contribution in [1.82, 2.24) is 0 Å². The third kappa shape index (κ3) is 11.8. The van der Waals surface area contributed by atoms with Crippen LogP contribution in [0.2, 0.25) is 0 Å². The molecule has 0 aliphatic carbocycles. The molecule has 0 spiro atoms. The number of rotatable bonds is 15. The fourth-order valence-corrected chi connectivity index (χ4v) is 6.26. The zero-order valence-electron chi connectivity index (χ0n) is 27.1. The summed E-state index contributed by atoms with van der Waals surface area (Å²) in [4.78, 5) is -1.92. The lowest BCUT2D eigenvalue weighted by molar-refractivity contribution is 0.481. The third-order valence-electron chi connectivity index (χ3n) is 6.07. The van der Waals surface area contributed by atoms with Crippen LogP contribution in [0.3, 0.4) is 0 Å². The van der Waals surface area contributed by atoms with Crippen LogP contribution in [0.1, 0.15) is 46.1 Å². The lowest BCUT2D eigenvalue weighted by atomic mass is 10.0. The third-order valence-corrected chi connectivity index (χ3v) is 8.91. The normalized spacial score (nSPS) is 14.5. The van der Waals surface area contributed by atoms with Crippen LogP contribution in [0.15, 0.2) is 106 Å². The van der Waals surface area contributed by atoms with Gasteiger partial charge in [-0.25, -0.2) is 0 Å². The number of anilines is 2. The van der Waals surface area contributed by atoms with Crippen LogP contribution in [-0.4, -0.2) is 57.1 Å². The van der Waals surface area contributed by atoms with Crippen molar-refractivity contribution >= 4 is 82.5 Å². The Morgan fingerprint density at radius 1 is 0.820 bits per heavy atom. The highest BCUT2D eigenvalue weighted by atomic mass is 32.2. The van der Waals surface area contributed by atoms with Crippen LogP contribution >= 0.6 is 0 Å². The molecule has 18 nitrogen and oxygen atoms in total. The molecule has 0 saturated carbocycles. The summed E-state index contributed by atoms with van der Waals surface area (Å²) in [5.41, 5.74) is 11.2. The molecular formula is C29H35N9O9S3. The van der Waals surface area contributed by atoms with Crippen molar-refractivity contribution in [2.75, 3.05) is 11.5 Å². The van der Waals surface area contributed by atoms with Crippen molar-refractivity contribution in [2.24, 2.45) is 30.7 Å². The van der Waals surface area contributed by atoms with Crippen LogP contribution in [0, 0.1) is 5.41 Å². The van der Waals surface area contributed by atoms with E-state index in [0.717, 1.165) is 24.4 Å². The van der Waals surface area contributed by atoms with Crippen molar-refractivity contribution in [1.29, 1.82) is 5.41 Å². The minimum atomic E-state index is -5.05. The van der Waals surface area contributed by atoms with Gasteiger partial charge in [0.25, 0.3) is 30.4 Å². The minimum absolute atomic E-state index is 0.00505. The Labute approximate surface area is 289 Å². The molecule has 0 atom stereocenters. The first-order valence-electron chi connectivity index (χ1n) is 14.2. The second kappa shape index (κ2) is 17.6. The quantitative estimate of drug-likeness (QED) is 0.0291. The molecule has 268 valence electrons. The van der Waals surface area contributed by atoms with E-state index >= 15 is 0 Å². The number of nitrogens with zero attached hydrogens (tertiary/aromatic N) is 6. The summed E-state index contributed by atoms with van der Waals surface area (Å²) < 4.78 is 103. The molecule has 0 fully saturated rings. The molecule has 2 rings (SSSR count). The molecule has 2 aromatic rings. The Kier molecular flexibility index (Phi) is 14.4. The Hall–Kier alpha value is -5.06. The summed E-state index contributed by atoms with van der Waals surface area (Å²) >= 11 is 0. The van der Waals surface area contributed by atoms with Crippen molar-refractivity contribution < 1.29 is 38.9 Å². The molecule has 0 amide bonds. The van der Waals surface area contributed by atoms with Gasteiger partial charge in [0.05, 0.1) is 28.2 Å². The van der Waals surface area contributed by atoms with E-state index in [1.807, 2.05) is 0 Å². The number of nitrogen functional groups attached to an aromatic ring is 2. The molecule has 8 N–H and O–H groups in total. The van der Waals surface area contributed by atoms with E-state index in [4.69, 9.17) is 16.9 Å². The zero-order chi connectivity index (χ0) is 37.9. The fourth-order valence-electron chi connectivity index (χ4n) is 3.96. The molecule has 0 unspecified atom stereocenters. The maximum atomic E-state index is 12.5. The number of nitrogens with two attached hydrogens (primary N) is 2. The summed E-state index contributed by atoms with van der Waals surface area (Å²) in [7, 11) is -14.6. The van der Waals surface area contributed by atoms with Crippen LogP contribution < -0.4 is 11.5 Å². The van der Waals surface area contributed by atoms with Gasteiger partial charge in [-0.1, -0.05) is 37.3 Å². The number of hydrogen-bond donors (Lipinski definition) is 6. The Bertz CT molecular complexity index is 2220. The van der Waals surface area contributed by atoms with Crippen LogP contribution in [0.5, 0.6) is 0 Å². The number of nitrogens with one attached hydrogen (secondary N) is 1. The van der Waals surface area contributed by atoms with Gasteiger partial charge in [-0.15, -0.1) is 15.3 Å². The largest absolute Gasteiger partial charge is 0.397 e. The highest BCUT2D eigenvalue weighted by Gasteiger charge is 2.26. The number of azo groups is 2. The van der Waals surface area contributed by atoms with Crippen LogP contribution in [-0.2, 0) is 30.4 Å². The fraction of sp³-hybridized carbons (Fsp3) is 0.207. The van der Waals surface area contributed by atoms with Crippen molar-refractivity contribution in [3.05, 3.63) is 75.7 Å². The van der Waals surface area contributed by atoms with Gasteiger partial charge in [-0.3, -0.25) is 13.7 Å². The van der Waals surface area contributed by atoms with Gasteiger partial charge in [-0.2, -0.15) is 40.6 Å². The first kappa shape index (κ1) is 41.1. The molecule has 0 aliphatic rings. The molecular weight excluding hydrogens is 715 g/mol. The summed E-state index contributed by atoms with van der Waals surface area (Å²) in [5.74, 6) is 0. The van der Waals surface area contributed by atoms with E-state index in [1.165, 1.54) is 63.4 Å². The Balaban J connectivity index is 2.66. The van der Waals surface area contributed by atoms with E-state index in [-0.39, 0.29) is 63.8 Å². The Morgan fingerprint density at radius 2 is 1.44 bits per heavy atom. The first-order valence-corrected chi connectivity index (χ1v) is 18.5. The van der Waals surface area contributed by atoms with Gasteiger partial charge in [0.15, 0.2) is 0 Å². The minimum Gasteiger partial charge on any atom is -0.397 e. The molecule has 50 heavy (non-hydrogen) atoms. The van der Waals surface area contributed by atoms with Gasteiger partial charge in [-0.05, 0) is 51.5 Å². The van der Waals surface area contributed by atoms with Crippen LogP contribution in [0.25, 0.3) is 5.57 Å². The molecule has 0 heterocycles. The van der Waals surface area contributed by atoms with Crippen molar-refractivity contribution in [2.45, 2.75) is 45.4 Å². The van der Waals surface area contributed by atoms with E-state index in [9.17, 15) is 38.9 Å². The van der Waals surface area contributed by atoms with Crippen molar-refractivity contribution in [3.8, 4) is 0 Å². The van der Waals surface area contributed by atoms with Gasteiger partial charge < -0.3 is 16.9 Å². The molecule has 21 heteroatoms. The monoisotopic (exact) mass is 749 g/mol. The number of benzene rings is 2. The maximum absolute atomic E-state index is 12.5. The molecule has 0 aromatic heterocycles. The lowest BCUT2D eigenvalue weighted by Crippen LogP contribution is -2.09. The maximum Gasteiger partial charge on any atom is 0.296 e. The molecule has 0 aliphatic heterocycles. The zero-order valence-corrected chi connectivity index (χ0v) is 29.6. The molecule has 0 bridgehead atoms. The molecule has 0 radical (unpaired) electrons. The second-order valence-corrected chi connectivity index (χ2v) is 14.0. The predicted octanol–water partition coefficient (Wildman–Crippen LogP) is 6.34. The molecule has 2 aromatic carbocycles. The van der Waals surface area contributed by atoms with Crippen molar-refractivity contribution in [3.63, 3.8) is 0 Å². The average Bonchev–Trinajstić information content (AvgIpc) is 3.00. The smallest absolute Gasteiger partial charge is 0.296 e. The summed E-state index contributed by atoms with van der Waals surface area (Å²) in [6, 6.07) is 5.79. The highest BCUT2D eigenvalue weighted by molar-refractivity contribution is 7.90. The van der Waals surface area contributed by atoms with E-state index in [1.54, 1.807) is 6.92 Å².